The molecule has 0 radical (unpaired) electrons. The van der Waals surface area contributed by atoms with Gasteiger partial charge in [-0.05, 0) is 120 Å². The zero-order valence-electron chi connectivity index (χ0n) is 41.5. The second-order valence-corrected chi connectivity index (χ2v) is 19.6. The summed E-state index contributed by atoms with van der Waals surface area (Å²) in [7, 11) is 0. The molecule has 1 aliphatic heterocycles. The van der Waals surface area contributed by atoms with Crippen molar-refractivity contribution in [3.8, 4) is 56.4 Å². The van der Waals surface area contributed by atoms with E-state index in [-0.39, 0.29) is 0 Å². The van der Waals surface area contributed by atoms with E-state index in [1.54, 1.807) is 0 Å². The van der Waals surface area contributed by atoms with Gasteiger partial charge in [0.05, 0.1) is 50.2 Å². The number of hydrogen-bond donors (Lipinski definition) is 0. The number of benzene rings is 10. The van der Waals surface area contributed by atoms with Crippen LogP contribution in [0.2, 0.25) is 0 Å². The van der Waals surface area contributed by atoms with Crippen LogP contribution in [0, 0.1) is 6.92 Å². The van der Waals surface area contributed by atoms with Crippen LogP contribution < -0.4 is 14.5 Å². The lowest BCUT2D eigenvalue weighted by Crippen LogP contribution is -2.25. The Morgan fingerprint density at radius 2 is 1.05 bits per heavy atom. The van der Waals surface area contributed by atoms with Crippen molar-refractivity contribution >= 4 is 72.4 Å². The highest BCUT2D eigenvalue weighted by Gasteiger charge is 2.34. The summed E-state index contributed by atoms with van der Waals surface area (Å²) in [4.78, 5) is 15.3. The number of para-hydroxylation sites is 4. The van der Waals surface area contributed by atoms with Crippen molar-refractivity contribution in [2.45, 2.75) is 6.92 Å². The summed E-state index contributed by atoms with van der Waals surface area (Å²) in [5, 5.41) is 2.28. The molecule has 4 aromatic heterocycles. The van der Waals surface area contributed by atoms with Gasteiger partial charge >= 0.3 is 0 Å². The number of imidazole rings is 2. The molecule has 360 valence electrons. The first-order chi connectivity index (χ1) is 37.6. The molecule has 8 nitrogen and oxygen atoms in total. The molecule has 0 bridgehead atoms. The molecule has 14 aromatic rings. The Morgan fingerprint density at radius 3 is 1.79 bits per heavy atom. The van der Waals surface area contributed by atoms with Gasteiger partial charge in [0.15, 0.2) is 0 Å². The molecular weight excluding hydrogens is 931 g/mol. The van der Waals surface area contributed by atoms with Crippen molar-refractivity contribution in [1.82, 2.24) is 23.5 Å². The first-order valence-electron chi connectivity index (χ1n) is 25.7. The van der Waals surface area contributed by atoms with Gasteiger partial charge in [0, 0.05) is 51.6 Å². The second-order valence-electron chi connectivity index (χ2n) is 19.6. The predicted octanol–water partition coefficient (Wildman–Crippen LogP) is 17.3. The SMILES string of the molecule is Cc1ccnc(-n2c3ccc(-c4ccccc4)cc3c3ccc(Oc4cccc(N5CN(c6c(-c7ccccc7)cccc6-c6ccccc6)c6cc7c(cc65)nc5n(-c6ccccc6)c6ccccc6n75)c4)cc32)c1. The average Bonchev–Trinajstić information content (AvgIpc) is 4.23. The van der Waals surface area contributed by atoms with Gasteiger partial charge in [0.2, 0.25) is 5.78 Å². The maximum atomic E-state index is 6.95. The first-order valence-corrected chi connectivity index (χ1v) is 25.7. The van der Waals surface area contributed by atoms with Crippen LogP contribution >= 0.6 is 0 Å². The molecule has 8 heteroatoms. The van der Waals surface area contributed by atoms with E-state index in [0.717, 1.165) is 123 Å². The summed E-state index contributed by atoms with van der Waals surface area (Å²) in [6, 6.07) is 88.3. The highest BCUT2D eigenvalue weighted by atomic mass is 16.5. The molecule has 0 aliphatic carbocycles. The Morgan fingerprint density at radius 1 is 0.408 bits per heavy atom. The normalized spacial score (nSPS) is 12.4. The monoisotopic (exact) mass is 977 g/mol. The molecule has 0 saturated carbocycles. The van der Waals surface area contributed by atoms with Gasteiger partial charge in [0.1, 0.15) is 24.0 Å². The van der Waals surface area contributed by atoms with Gasteiger partial charge in [-0.15, -0.1) is 0 Å². The molecule has 0 spiro atoms. The smallest absolute Gasteiger partial charge is 0.220 e. The maximum Gasteiger partial charge on any atom is 0.220 e. The number of aryl methyl sites for hydroxylation is 1. The number of aromatic nitrogens is 5. The summed E-state index contributed by atoms with van der Waals surface area (Å²) in [6.45, 7) is 2.65. The maximum absolute atomic E-state index is 6.95. The Kier molecular flexibility index (Phi) is 10.00. The molecule has 0 fully saturated rings. The summed E-state index contributed by atoms with van der Waals surface area (Å²) < 4.78 is 13.8. The van der Waals surface area contributed by atoms with Crippen LogP contribution in [0.15, 0.2) is 255 Å². The highest BCUT2D eigenvalue weighted by Crippen LogP contribution is 2.52. The standard InChI is InChI=1S/C68H47N7O/c1-45-36-37-69-66(38-45)74-59-35-32-49(46-18-6-2-7-19-46)39-57(59)56-34-33-53(41-62(56)74)76-52-27-16-26-51(40-52)71-44-72(67-54(47-20-8-3-9-21-47)28-17-29-55(67)48-22-10-4-11-23-48)65-43-63-58(42-64(65)71)70-68-73(50-24-12-5-13-25-50)60-30-14-15-31-61(60)75(63)68/h2-43H,44H2,1H3. The molecule has 0 amide bonds. The first kappa shape index (κ1) is 43.4. The van der Waals surface area contributed by atoms with Gasteiger partial charge in [-0.3, -0.25) is 13.5 Å². The minimum absolute atomic E-state index is 0.537. The minimum Gasteiger partial charge on any atom is -0.457 e. The fourth-order valence-electron chi connectivity index (χ4n) is 11.5. The molecule has 76 heavy (non-hydrogen) atoms. The van der Waals surface area contributed by atoms with Crippen molar-refractivity contribution in [3.05, 3.63) is 260 Å². The molecule has 0 saturated heterocycles. The van der Waals surface area contributed by atoms with E-state index in [0.29, 0.717) is 6.67 Å². The van der Waals surface area contributed by atoms with Crippen molar-refractivity contribution in [2.24, 2.45) is 0 Å². The van der Waals surface area contributed by atoms with E-state index in [1.165, 1.54) is 11.1 Å². The minimum atomic E-state index is 0.537. The molecule has 1 aliphatic rings. The molecule has 5 heterocycles. The topological polar surface area (TPSA) is 55.8 Å². The van der Waals surface area contributed by atoms with E-state index in [2.05, 4.69) is 267 Å². The van der Waals surface area contributed by atoms with Crippen LogP contribution in [0.3, 0.4) is 0 Å². The number of ether oxygens (including phenoxy) is 1. The molecule has 10 aromatic carbocycles. The van der Waals surface area contributed by atoms with E-state index in [4.69, 9.17) is 14.7 Å². The van der Waals surface area contributed by atoms with Crippen LogP contribution in [0.1, 0.15) is 5.56 Å². The van der Waals surface area contributed by atoms with Gasteiger partial charge < -0.3 is 14.5 Å². The molecule has 0 unspecified atom stereocenters. The molecular formula is C68H47N7O. The van der Waals surface area contributed by atoms with Gasteiger partial charge in [-0.1, -0.05) is 152 Å². The van der Waals surface area contributed by atoms with Gasteiger partial charge in [0.25, 0.3) is 0 Å². The molecule has 15 rings (SSSR count). The largest absolute Gasteiger partial charge is 0.457 e. The zero-order valence-corrected chi connectivity index (χ0v) is 41.5. The number of pyridine rings is 1. The Bertz CT molecular complexity index is 4490. The lowest BCUT2D eigenvalue weighted by atomic mass is 9.95. The van der Waals surface area contributed by atoms with Crippen LogP contribution in [-0.2, 0) is 0 Å². The quantitative estimate of drug-likeness (QED) is 0.144. The number of fused-ring (bicyclic) bond motifs is 9. The number of nitrogens with zero attached hydrogens (tertiary/aromatic N) is 7. The molecule has 0 N–H and O–H groups in total. The predicted molar refractivity (Wildman–Crippen MR) is 311 cm³/mol. The summed E-state index contributed by atoms with van der Waals surface area (Å²) in [6.07, 6.45) is 1.88. The van der Waals surface area contributed by atoms with Crippen molar-refractivity contribution in [3.63, 3.8) is 0 Å². The summed E-state index contributed by atoms with van der Waals surface area (Å²) in [5.41, 5.74) is 19.6. The third-order valence-corrected chi connectivity index (χ3v) is 15.0. The summed E-state index contributed by atoms with van der Waals surface area (Å²) >= 11 is 0. The van der Waals surface area contributed by atoms with Crippen molar-refractivity contribution < 1.29 is 4.74 Å². The number of hydrogen-bond acceptors (Lipinski definition) is 5. The van der Waals surface area contributed by atoms with Crippen LogP contribution in [0.5, 0.6) is 11.5 Å². The third kappa shape index (κ3) is 7.06. The number of anilines is 4. The fraction of sp³-hybridized carbons (Fsp3) is 0.0294. The second kappa shape index (κ2) is 17.5. The van der Waals surface area contributed by atoms with Gasteiger partial charge in [-0.2, -0.15) is 0 Å². The Balaban J connectivity index is 0.893. The Hall–Kier alpha value is -10.2. The Labute approximate surface area is 438 Å². The number of rotatable bonds is 9. The van der Waals surface area contributed by atoms with Crippen LogP contribution in [-0.4, -0.2) is 30.2 Å². The molecule has 0 atom stereocenters. The van der Waals surface area contributed by atoms with Crippen LogP contribution in [0.4, 0.5) is 22.7 Å². The highest BCUT2D eigenvalue weighted by molar-refractivity contribution is 6.11. The van der Waals surface area contributed by atoms with E-state index >= 15 is 0 Å². The van der Waals surface area contributed by atoms with E-state index in [1.807, 2.05) is 18.3 Å². The van der Waals surface area contributed by atoms with Crippen molar-refractivity contribution in [2.75, 3.05) is 16.5 Å². The van der Waals surface area contributed by atoms with Gasteiger partial charge in [-0.25, -0.2) is 9.97 Å². The average molecular weight is 978 g/mol. The lowest BCUT2D eigenvalue weighted by Gasteiger charge is -2.27. The summed E-state index contributed by atoms with van der Waals surface area (Å²) in [5.74, 6) is 3.18. The van der Waals surface area contributed by atoms with Crippen LogP contribution in [0.25, 0.3) is 94.5 Å². The lowest BCUT2D eigenvalue weighted by molar-refractivity contribution is 0.483. The fourth-order valence-corrected chi connectivity index (χ4v) is 11.5. The van der Waals surface area contributed by atoms with E-state index < -0.39 is 0 Å². The van der Waals surface area contributed by atoms with Crippen molar-refractivity contribution in [1.29, 1.82) is 0 Å². The third-order valence-electron chi connectivity index (χ3n) is 15.0. The zero-order chi connectivity index (χ0) is 50.3. The van der Waals surface area contributed by atoms with E-state index in [9.17, 15) is 0 Å².